The summed E-state index contributed by atoms with van der Waals surface area (Å²) in [6, 6.07) is 0. The average Bonchev–Trinajstić information content (AvgIpc) is 1.86. The molecule has 5 heteroatoms. The lowest BCUT2D eigenvalue weighted by Crippen LogP contribution is -2.28. The second-order valence-electron chi connectivity index (χ2n) is 1.23. The van der Waals surface area contributed by atoms with Gasteiger partial charge in [-0.2, -0.15) is 0 Å². The van der Waals surface area contributed by atoms with Crippen LogP contribution in [0.4, 0.5) is 0 Å². The van der Waals surface area contributed by atoms with Crippen molar-refractivity contribution in [1.82, 2.24) is 0 Å². The third-order valence-corrected chi connectivity index (χ3v) is 1.42. The van der Waals surface area contributed by atoms with Crippen molar-refractivity contribution in [1.29, 1.82) is 0 Å². The summed E-state index contributed by atoms with van der Waals surface area (Å²) in [6.07, 6.45) is 1.14. The van der Waals surface area contributed by atoms with Gasteiger partial charge in [0.25, 0.3) is 0 Å². The standard InChI is InChI=1S/C4H2Cl3O2/c5-1-3(9)4(6,7)2-8/h1H2. The smallest absolute Gasteiger partial charge is 0.245 e. The van der Waals surface area contributed by atoms with Crippen LogP contribution < -0.4 is 0 Å². The molecule has 0 aliphatic carbocycles. The first kappa shape index (κ1) is 9.21. The van der Waals surface area contributed by atoms with E-state index in [2.05, 4.69) is 0 Å². The van der Waals surface area contributed by atoms with Gasteiger partial charge in [0.05, 0.1) is 5.88 Å². The zero-order chi connectivity index (χ0) is 7.49. The van der Waals surface area contributed by atoms with Crippen molar-refractivity contribution >= 4 is 46.9 Å². The van der Waals surface area contributed by atoms with E-state index in [4.69, 9.17) is 34.8 Å². The Kier molecular flexibility index (Phi) is 3.48. The predicted molar refractivity (Wildman–Crippen MR) is 35.9 cm³/mol. The summed E-state index contributed by atoms with van der Waals surface area (Å²) in [5.74, 6) is -1.15. The number of halogens is 3. The predicted octanol–water partition coefficient (Wildman–Crippen LogP) is 1.08. The molecule has 0 aromatic heterocycles. The number of Topliss-reactive ketones (excluding diaryl/α,β-unsaturated/α-hetero) is 1. The molecule has 0 spiro atoms. The highest BCUT2D eigenvalue weighted by Gasteiger charge is 2.33. The van der Waals surface area contributed by atoms with Crippen molar-refractivity contribution in [2.24, 2.45) is 0 Å². The van der Waals surface area contributed by atoms with E-state index in [0.29, 0.717) is 0 Å². The molecule has 0 rings (SSSR count). The minimum atomic E-state index is -2.08. The fourth-order valence-corrected chi connectivity index (χ4v) is 0.612. The lowest BCUT2D eigenvalue weighted by atomic mass is 10.3. The van der Waals surface area contributed by atoms with Crippen LogP contribution in [0.15, 0.2) is 0 Å². The van der Waals surface area contributed by atoms with E-state index in [0.717, 1.165) is 6.29 Å². The Morgan fingerprint density at radius 2 is 2.00 bits per heavy atom. The van der Waals surface area contributed by atoms with E-state index in [1.54, 1.807) is 0 Å². The van der Waals surface area contributed by atoms with Crippen LogP contribution in [0.25, 0.3) is 0 Å². The van der Waals surface area contributed by atoms with Crippen molar-refractivity contribution in [2.45, 2.75) is 4.33 Å². The Bertz CT molecular complexity index is 132. The summed E-state index contributed by atoms with van der Waals surface area (Å²) in [7, 11) is 0. The van der Waals surface area contributed by atoms with E-state index in [1.807, 2.05) is 0 Å². The van der Waals surface area contributed by atoms with Gasteiger partial charge in [-0.25, -0.2) is 0 Å². The van der Waals surface area contributed by atoms with Gasteiger partial charge < -0.3 is 0 Å². The van der Waals surface area contributed by atoms with E-state index >= 15 is 0 Å². The van der Waals surface area contributed by atoms with Crippen LogP contribution in [-0.4, -0.2) is 22.3 Å². The molecular formula is C4H2Cl3O2. The number of ketones is 1. The molecule has 0 amide bonds. The molecule has 0 unspecified atom stereocenters. The topological polar surface area (TPSA) is 34.1 Å². The Morgan fingerprint density at radius 3 is 2.11 bits per heavy atom. The van der Waals surface area contributed by atoms with Gasteiger partial charge in [0.15, 0.2) is 5.78 Å². The van der Waals surface area contributed by atoms with Crippen molar-refractivity contribution in [3.63, 3.8) is 0 Å². The molecule has 0 aliphatic heterocycles. The molecule has 0 atom stereocenters. The van der Waals surface area contributed by atoms with Gasteiger partial charge in [0.2, 0.25) is 10.6 Å². The lowest BCUT2D eigenvalue weighted by molar-refractivity contribution is -0.116. The first-order valence-corrected chi connectivity index (χ1v) is 3.20. The van der Waals surface area contributed by atoms with Crippen LogP contribution >= 0.6 is 34.8 Å². The van der Waals surface area contributed by atoms with Crippen molar-refractivity contribution in [3.8, 4) is 0 Å². The largest absolute Gasteiger partial charge is 0.294 e. The average molecular weight is 188 g/mol. The molecule has 9 heavy (non-hydrogen) atoms. The Hall–Kier alpha value is 0.210. The van der Waals surface area contributed by atoms with Gasteiger partial charge >= 0.3 is 0 Å². The molecule has 1 radical (unpaired) electrons. The highest BCUT2D eigenvalue weighted by atomic mass is 35.5. The van der Waals surface area contributed by atoms with E-state index in [-0.39, 0.29) is 5.88 Å². The van der Waals surface area contributed by atoms with Gasteiger partial charge in [-0.3, -0.25) is 9.59 Å². The Balaban J connectivity index is 4.14. The van der Waals surface area contributed by atoms with Gasteiger partial charge in [-0.1, -0.05) is 23.2 Å². The number of alkyl halides is 3. The SMILES string of the molecule is O=[C]C(Cl)(Cl)C(=O)CCl. The molecule has 0 saturated heterocycles. The number of carbonyl (C=O) groups excluding carboxylic acids is 2. The van der Waals surface area contributed by atoms with Crippen molar-refractivity contribution < 1.29 is 9.59 Å². The van der Waals surface area contributed by atoms with Crippen LogP contribution in [0.5, 0.6) is 0 Å². The third-order valence-electron chi connectivity index (χ3n) is 0.600. The molecule has 51 valence electrons. The number of carbonyl (C=O) groups is 1. The molecule has 0 aliphatic rings. The summed E-state index contributed by atoms with van der Waals surface area (Å²) >= 11 is 15.2. The van der Waals surface area contributed by atoms with Crippen LogP contribution in [-0.2, 0) is 9.59 Å². The third kappa shape index (κ3) is 2.52. The van der Waals surface area contributed by atoms with Crippen LogP contribution in [0.3, 0.4) is 0 Å². The first-order chi connectivity index (χ1) is 4.04. The fourth-order valence-electron chi connectivity index (χ4n) is 0.141. The molecule has 0 heterocycles. The van der Waals surface area contributed by atoms with Gasteiger partial charge in [0, 0.05) is 0 Å². The maximum atomic E-state index is 10.4. The molecule has 0 aromatic rings. The van der Waals surface area contributed by atoms with Crippen LogP contribution in [0.2, 0.25) is 0 Å². The van der Waals surface area contributed by atoms with Crippen LogP contribution in [0.1, 0.15) is 0 Å². The molecule has 0 N–H and O–H groups in total. The Morgan fingerprint density at radius 1 is 1.56 bits per heavy atom. The van der Waals surface area contributed by atoms with Crippen molar-refractivity contribution in [3.05, 3.63) is 0 Å². The zero-order valence-electron chi connectivity index (χ0n) is 4.16. The monoisotopic (exact) mass is 187 g/mol. The van der Waals surface area contributed by atoms with Gasteiger partial charge in [0.1, 0.15) is 0 Å². The zero-order valence-corrected chi connectivity index (χ0v) is 6.43. The summed E-state index contributed by atoms with van der Waals surface area (Å²) < 4.78 is -2.08. The Labute approximate surface area is 67.1 Å². The van der Waals surface area contributed by atoms with Gasteiger partial charge in [-0.15, -0.1) is 11.6 Å². The molecule has 0 bridgehead atoms. The minimum Gasteiger partial charge on any atom is -0.294 e. The molecular weight excluding hydrogens is 186 g/mol. The molecule has 0 fully saturated rings. The second-order valence-corrected chi connectivity index (χ2v) is 2.83. The summed E-state index contributed by atoms with van der Waals surface area (Å²) in [6.45, 7) is 0. The second kappa shape index (κ2) is 3.40. The summed E-state index contributed by atoms with van der Waals surface area (Å²) in [5, 5.41) is 0. The highest BCUT2D eigenvalue weighted by molar-refractivity contribution is 6.67. The quantitative estimate of drug-likeness (QED) is 0.491. The maximum absolute atomic E-state index is 10.4. The fraction of sp³-hybridized carbons (Fsp3) is 0.500. The number of hydrogen-bond acceptors (Lipinski definition) is 2. The minimum absolute atomic E-state index is 0.387. The van der Waals surface area contributed by atoms with Gasteiger partial charge in [-0.05, 0) is 0 Å². The maximum Gasteiger partial charge on any atom is 0.245 e. The first-order valence-electron chi connectivity index (χ1n) is 1.91. The van der Waals surface area contributed by atoms with Crippen molar-refractivity contribution in [2.75, 3.05) is 5.88 Å². The van der Waals surface area contributed by atoms with E-state index in [1.165, 1.54) is 0 Å². The lowest BCUT2D eigenvalue weighted by Gasteiger charge is -2.04. The highest BCUT2D eigenvalue weighted by Crippen LogP contribution is 2.19. The van der Waals surface area contributed by atoms with E-state index in [9.17, 15) is 9.59 Å². The molecule has 0 aromatic carbocycles. The number of rotatable bonds is 3. The molecule has 2 nitrogen and oxygen atoms in total. The summed E-state index contributed by atoms with van der Waals surface area (Å²) in [5.41, 5.74) is 0. The normalized spacial score (nSPS) is 11.0. The number of hydrogen-bond donors (Lipinski definition) is 0. The van der Waals surface area contributed by atoms with Crippen LogP contribution in [0, 0.1) is 0 Å². The molecule has 0 saturated carbocycles. The summed E-state index contributed by atoms with van der Waals surface area (Å²) in [4.78, 5) is 20.2. The van der Waals surface area contributed by atoms with E-state index < -0.39 is 10.1 Å².